The van der Waals surface area contributed by atoms with Gasteiger partial charge in [-0.2, -0.15) is 101 Å². The molecule has 0 spiro atoms. The fraction of sp³-hybridized carbons (Fsp3) is 0.327. The standard InChI is InChI=1S/C25H25.C11H17.2C6H4Cl.CH2.Zr/c1-14-12-24(3,4)22-8-16-7-17-9-23-19(15(2)13-25(23,5)6)11-21(17)20(16)10-18(14)22;1-5-9-6-7-10(8-9)11(2,3)4;2*7-6-4-2-1-3-5-6;;/h8-12H,7H2,1-6H3;7-9H,5H2,1-4H3;2*1-2,4-5H;1H2;/q4*-1;;. The summed E-state index contributed by atoms with van der Waals surface area (Å²) >= 11 is 12.3. The van der Waals surface area contributed by atoms with Gasteiger partial charge in [0.25, 0.3) is 0 Å². The van der Waals surface area contributed by atoms with Crippen molar-refractivity contribution < 1.29 is 24.2 Å². The maximum atomic E-state index is 5.51. The van der Waals surface area contributed by atoms with E-state index in [1.165, 1.54) is 91.9 Å². The molecule has 1 unspecified atom stereocenters. The first-order chi connectivity index (χ1) is 24.5. The zero-order valence-electron chi connectivity index (χ0n) is 32.6. The summed E-state index contributed by atoms with van der Waals surface area (Å²) in [6, 6.07) is 29.9. The van der Waals surface area contributed by atoms with Crippen molar-refractivity contribution in [2.75, 3.05) is 0 Å². The predicted molar refractivity (Wildman–Crippen MR) is 224 cm³/mol. The SMILES string of the molecule is CC1=[C-]C(C)(C)c2cc3c(cc21)-c1cc2c(cc1C3)C(C)(C)C=C2C.CCC1[C-]=CC(C(C)(C)C)=C1.Clc1c[c-]ccc1.Clc1c[c-]ccc1.[CH2]=[Zr]. The average molecular weight is 803 g/mol. The predicted octanol–water partition coefficient (Wildman–Crippen LogP) is 14.1. The third-order valence-corrected chi connectivity index (χ3v) is 10.4. The fourth-order valence-electron chi connectivity index (χ4n) is 7.23. The molecule has 0 amide bonds. The summed E-state index contributed by atoms with van der Waals surface area (Å²) in [6.45, 7) is 22.6. The topological polar surface area (TPSA) is 0 Å². The van der Waals surface area contributed by atoms with Gasteiger partial charge in [-0.3, -0.25) is 12.2 Å². The normalized spacial score (nSPS) is 17.4. The molecule has 0 bridgehead atoms. The van der Waals surface area contributed by atoms with Gasteiger partial charge >= 0.3 is 28.4 Å². The van der Waals surface area contributed by atoms with Gasteiger partial charge in [-0.1, -0.05) is 114 Å². The van der Waals surface area contributed by atoms with Crippen LogP contribution in [0.25, 0.3) is 22.3 Å². The number of halogens is 2. The summed E-state index contributed by atoms with van der Waals surface area (Å²) in [5.41, 5.74) is 16.3. The Labute approximate surface area is 340 Å². The van der Waals surface area contributed by atoms with E-state index >= 15 is 0 Å². The second kappa shape index (κ2) is 17.5. The van der Waals surface area contributed by atoms with E-state index in [0.717, 1.165) is 16.5 Å². The number of hydrogen-bond acceptors (Lipinski definition) is 0. The fourth-order valence-corrected chi connectivity index (χ4v) is 7.50. The maximum absolute atomic E-state index is 5.51. The Kier molecular flexibility index (Phi) is 14.1. The quantitative estimate of drug-likeness (QED) is 0.148. The summed E-state index contributed by atoms with van der Waals surface area (Å²) in [6.07, 6.45) is 16.1. The molecule has 0 heterocycles. The second-order valence-corrected chi connectivity index (χ2v) is 16.7. The molecule has 4 aromatic carbocycles. The molecule has 0 N–H and O–H groups in total. The molecule has 270 valence electrons. The van der Waals surface area contributed by atoms with Crippen LogP contribution in [0.2, 0.25) is 10.0 Å². The van der Waals surface area contributed by atoms with Gasteiger partial charge in [0.1, 0.15) is 0 Å². The Morgan fingerprint density at radius 2 is 1.35 bits per heavy atom. The van der Waals surface area contributed by atoms with E-state index in [1.54, 1.807) is 12.1 Å². The first-order valence-electron chi connectivity index (χ1n) is 18.1. The third-order valence-electron chi connectivity index (χ3n) is 9.91. The minimum atomic E-state index is 0.0340. The molecule has 4 aliphatic carbocycles. The number of allylic oxidation sites excluding steroid dienone is 8. The monoisotopic (exact) mass is 800 g/mol. The van der Waals surface area contributed by atoms with Crippen molar-refractivity contribution in [2.45, 2.75) is 92.9 Å². The van der Waals surface area contributed by atoms with E-state index in [1.807, 2.05) is 36.4 Å². The van der Waals surface area contributed by atoms with Crippen molar-refractivity contribution in [3.8, 4) is 11.1 Å². The Morgan fingerprint density at radius 3 is 1.77 bits per heavy atom. The second-order valence-electron chi connectivity index (χ2n) is 15.9. The Hall–Kier alpha value is -2.83. The average Bonchev–Trinajstić information content (AvgIpc) is 3.84. The Bertz CT molecular complexity index is 1860. The molecule has 0 aliphatic heterocycles. The molecule has 0 radical (unpaired) electrons. The molecule has 1 atom stereocenters. The number of rotatable bonds is 1. The van der Waals surface area contributed by atoms with Gasteiger partial charge in [0.2, 0.25) is 0 Å². The molecule has 0 fully saturated rings. The van der Waals surface area contributed by atoms with Crippen LogP contribution in [0.5, 0.6) is 0 Å². The minimum absolute atomic E-state index is 0.0340. The summed E-state index contributed by atoms with van der Waals surface area (Å²) in [5, 5.41) is 1.48. The van der Waals surface area contributed by atoms with Crippen molar-refractivity contribution >= 4 is 38.6 Å². The van der Waals surface area contributed by atoms with Gasteiger partial charge in [0.15, 0.2) is 0 Å². The van der Waals surface area contributed by atoms with Gasteiger partial charge < -0.3 is 0 Å². The number of benzene rings is 4. The third kappa shape index (κ3) is 10.0. The van der Waals surface area contributed by atoms with E-state index in [-0.39, 0.29) is 10.8 Å². The van der Waals surface area contributed by atoms with Gasteiger partial charge in [-0.15, -0.1) is 11.6 Å². The molecule has 8 rings (SSSR count). The molecule has 4 aromatic rings. The molecule has 3 heteroatoms. The van der Waals surface area contributed by atoms with Crippen LogP contribution in [0.1, 0.15) is 109 Å². The van der Waals surface area contributed by atoms with E-state index in [9.17, 15) is 0 Å². The van der Waals surface area contributed by atoms with Crippen LogP contribution in [0, 0.1) is 35.6 Å². The Balaban J connectivity index is 0.000000184. The van der Waals surface area contributed by atoms with E-state index < -0.39 is 0 Å². The molecule has 0 nitrogen and oxygen atoms in total. The van der Waals surface area contributed by atoms with E-state index in [4.69, 9.17) is 23.2 Å². The van der Waals surface area contributed by atoms with E-state index in [0.29, 0.717) is 11.3 Å². The van der Waals surface area contributed by atoms with Gasteiger partial charge in [-0.25, -0.2) is 11.6 Å². The molecule has 0 aromatic heterocycles. The van der Waals surface area contributed by atoms with Crippen LogP contribution in [0.4, 0.5) is 0 Å². The first kappa shape index (κ1) is 41.9. The first-order valence-corrected chi connectivity index (χ1v) is 20.6. The van der Waals surface area contributed by atoms with E-state index in [2.05, 4.69) is 140 Å². The molecular weight excluding hydrogens is 751 g/mol. The van der Waals surface area contributed by atoms with Crippen LogP contribution >= 0.6 is 23.2 Å². The van der Waals surface area contributed by atoms with Crippen molar-refractivity contribution in [1.82, 2.24) is 0 Å². The van der Waals surface area contributed by atoms with Crippen LogP contribution in [0.3, 0.4) is 0 Å². The van der Waals surface area contributed by atoms with Gasteiger partial charge in [-0.05, 0) is 58.4 Å². The number of fused-ring (bicyclic) bond motifs is 5. The molecule has 52 heavy (non-hydrogen) atoms. The zero-order chi connectivity index (χ0) is 38.4. The summed E-state index contributed by atoms with van der Waals surface area (Å²) < 4.78 is 3.34. The van der Waals surface area contributed by atoms with Crippen molar-refractivity contribution in [3.05, 3.63) is 164 Å². The van der Waals surface area contributed by atoms with Crippen molar-refractivity contribution in [2.24, 2.45) is 11.3 Å². The van der Waals surface area contributed by atoms with Gasteiger partial charge in [0, 0.05) is 5.41 Å². The molecule has 4 aliphatic rings. The molecule has 0 saturated carbocycles. The van der Waals surface area contributed by atoms with Crippen LogP contribution in [-0.4, -0.2) is 4.21 Å². The molecule has 0 saturated heterocycles. The van der Waals surface area contributed by atoms with Gasteiger partial charge in [0.05, 0.1) is 0 Å². The van der Waals surface area contributed by atoms with Crippen LogP contribution in [0.15, 0.2) is 96.6 Å². The van der Waals surface area contributed by atoms with Crippen molar-refractivity contribution in [1.29, 1.82) is 0 Å². The van der Waals surface area contributed by atoms with Crippen LogP contribution < -0.4 is 0 Å². The zero-order valence-corrected chi connectivity index (χ0v) is 36.6. The summed E-state index contributed by atoms with van der Waals surface area (Å²) in [4.78, 5) is 0. The summed E-state index contributed by atoms with van der Waals surface area (Å²) in [5.74, 6) is 0.573. The Morgan fingerprint density at radius 1 is 0.808 bits per heavy atom. The van der Waals surface area contributed by atoms with Crippen LogP contribution in [-0.2, 0) is 41.5 Å². The molecular formula is C49H52Cl2Zr-4. The number of hydrogen-bond donors (Lipinski definition) is 0. The van der Waals surface area contributed by atoms with Crippen molar-refractivity contribution in [3.63, 3.8) is 0 Å². The summed E-state index contributed by atoms with van der Waals surface area (Å²) in [7, 11) is 0.